The molecule has 0 heterocycles. The summed E-state index contributed by atoms with van der Waals surface area (Å²) >= 11 is 0. The maximum absolute atomic E-state index is 11.5. The van der Waals surface area contributed by atoms with Gasteiger partial charge in [0.2, 0.25) is 0 Å². The molecule has 0 aliphatic heterocycles. The standard InChI is InChI=1S/C35H58O16/c36-31-32-5-7-33(8-6-32)50-29-27-48-25-23-46-21-19-44-17-15-42-13-11-40-9-10-41-12-14-43-16-18-45-20-22-47-24-26-49-28-30-51-35(39)4-2-1-3-34(37)38/h5-8,31H,1-4,9-30H2,(H,37,38). The summed E-state index contributed by atoms with van der Waals surface area (Å²) in [4.78, 5) is 32.5. The van der Waals surface area contributed by atoms with Crippen molar-refractivity contribution in [3.63, 3.8) is 0 Å². The van der Waals surface area contributed by atoms with Crippen LogP contribution in [-0.4, -0.2) is 169 Å². The Morgan fingerprint density at radius 1 is 0.451 bits per heavy atom. The average molecular weight is 735 g/mol. The number of aldehydes is 1. The van der Waals surface area contributed by atoms with E-state index in [2.05, 4.69) is 0 Å². The summed E-state index contributed by atoms with van der Waals surface area (Å²) < 4.78 is 65.0. The van der Waals surface area contributed by atoms with Crippen molar-refractivity contribution < 1.29 is 76.3 Å². The molecule has 0 radical (unpaired) electrons. The van der Waals surface area contributed by atoms with E-state index in [1.165, 1.54) is 0 Å². The number of hydrogen-bond acceptors (Lipinski definition) is 15. The van der Waals surface area contributed by atoms with Gasteiger partial charge in [0.05, 0.1) is 132 Å². The van der Waals surface area contributed by atoms with Crippen LogP contribution in [0.15, 0.2) is 24.3 Å². The van der Waals surface area contributed by atoms with E-state index < -0.39 is 5.97 Å². The molecule has 16 heteroatoms. The molecule has 1 aromatic rings. The van der Waals surface area contributed by atoms with E-state index in [4.69, 9.17) is 61.9 Å². The molecule has 0 atom stereocenters. The summed E-state index contributed by atoms with van der Waals surface area (Å²) in [6.07, 6.45) is 2.01. The first-order valence-electron chi connectivity index (χ1n) is 17.4. The first-order chi connectivity index (χ1) is 25.1. The van der Waals surface area contributed by atoms with Gasteiger partial charge in [-0.2, -0.15) is 0 Å². The Kier molecular flexibility index (Phi) is 33.6. The van der Waals surface area contributed by atoms with Gasteiger partial charge in [0.15, 0.2) is 0 Å². The molecule has 0 bridgehead atoms. The second kappa shape index (κ2) is 37.0. The van der Waals surface area contributed by atoms with Crippen LogP contribution in [0, 0.1) is 0 Å². The third kappa shape index (κ3) is 34.1. The number of carboxylic acid groups (broad SMARTS) is 1. The highest BCUT2D eigenvalue weighted by Crippen LogP contribution is 2.10. The van der Waals surface area contributed by atoms with Gasteiger partial charge < -0.3 is 61.9 Å². The molecule has 294 valence electrons. The van der Waals surface area contributed by atoms with Gasteiger partial charge in [0, 0.05) is 18.4 Å². The number of benzene rings is 1. The van der Waals surface area contributed by atoms with Gasteiger partial charge in [-0.05, 0) is 37.1 Å². The minimum absolute atomic E-state index is 0.0566. The molecule has 0 saturated heterocycles. The zero-order chi connectivity index (χ0) is 36.7. The van der Waals surface area contributed by atoms with Gasteiger partial charge >= 0.3 is 11.9 Å². The Bertz CT molecular complexity index is 933. The number of ether oxygens (including phenoxy) is 12. The zero-order valence-corrected chi connectivity index (χ0v) is 29.8. The Hall–Kier alpha value is -2.77. The maximum Gasteiger partial charge on any atom is 0.305 e. The van der Waals surface area contributed by atoms with Crippen molar-refractivity contribution in [2.75, 3.05) is 145 Å². The number of rotatable bonds is 40. The molecule has 51 heavy (non-hydrogen) atoms. The molecule has 0 saturated carbocycles. The summed E-state index contributed by atoms with van der Waals surface area (Å²) in [7, 11) is 0. The van der Waals surface area contributed by atoms with E-state index in [1.807, 2.05) is 0 Å². The van der Waals surface area contributed by atoms with E-state index >= 15 is 0 Å². The number of aliphatic carboxylic acids is 1. The predicted molar refractivity (Wildman–Crippen MR) is 183 cm³/mol. The smallest absolute Gasteiger partial charge is 0.305 e. The summed E-state index contributed by atoms with van der Waals surface area (Å²) in [5.74, 6) is -0.521. The molecule has 0 aliphatic carbocycles. The lowest BCUT2D eigenvalue weighted by Crippen LogP contribution is -2.15. The fourth-order valence-electron chi connectivity index (χ4n) is 3.77. The number of carbonyl (C=O) groups is 3. The third-order valence-electron chi connectivity index (χ3n) is 6.37. The summed E-state index contributed by atoms with van der Waals surface area (Å²) in [5, 5.41) is 8.55. The Morgan fingerprint density at radius 2 is 0.765 bits per heavy atom. The van der Waals surface area contributed by atoms with Gasteiger partial charge in [-0.1, -0.05) is 0 Å². The molecule has 0 spiro atoms. The molecule has 16 nitrogen and oxygen atoms in total. The minimum Gasteiger partial charge on any atom is -0.491 e. The van der Waals surface area contributed by atoms with Crippen LogP contribution < -0.4 is 4.74 Å². The zero-order valence-electron chi connectivity index (χ0n) is 29.8. The molecule has 0 aliphatic rings. The molecule has 1 aromatic carbocycles. The summed E-state index contributed by atoms with van der Waals surface area (Å²) in [6.45, 7) is 9.60. The SMILES string of the molecule is O=Cc1ccc(OCCOCCOCCOCCOCCOCCOCCOCCOCCOCCOCCOC(=O)CCCCC(=O)O)cc1. The molecule has 0 amide bonds. The van der Waals surface area contributed by atoms with Gasteiger partial charge in [-0.15, -0.1) is 0 Å². The fourth-order valence-corrected chi connectivity index (χ4v) is 3.77. The van der Waals surface area contributed by atoms with Crippen LogP contribution in [0.1, 0.15) is 36.0 Å². The van der Waals surface area contributed by atoms with Crippen molar-refractivity contribution in [3.05, 3.63) is 29.8 Å². The Labute approximate surface area is 301 Å². The van der Waals surface area contributed by atoms with Crippen LogP contribution in [0.4, 0.5) is 0 Å². The van der Waals surface area contributed by atoms with E-state index in [0.717, 1.165) is 6.29 Å². The predicted octanol–water partition coefficient (Wildman–Crippen LogP) is 2.23. The molecule has 0 unspecified atom stereocenters. The maximum atomic E-state index is 11.5. The molecular formula is C35H58O16. The average Bonchev–Trinajstić information content (AvgIpc) is 3.13. The number of unbranched alkanes of at least 4 members (excludes halogenated alkanes) is 1. The first kappa shape index (κ1) is 46.3. The second-order valence-corrected chi connectivity index (χ2v) is 10.5. The number of esters is 1. The first-order valence-corrected chi connectivity index (χ1v) is 17.4. The minimum atomic E-state index is -0.866. The molecule has 0 aromatic heterocycles. The van der Waals surface area contributed by atoms with Crippen molar-refractivity contribution in [2.24, 2.45) is 0 Å². The molecule has 1 N–H and O–H groups in total. The molecular weight excluding hydrogens is 676 g/mol. The lowest BCUT2D eigenvalue weighted by Gasteiger charge is -2.09. The van der Waals surface area contributed by atoms with E-state index in [0.29, 0.717) is 156 Å². The topological polar surface area (TPSA) is 182 Å². The van der Waals surface area contributed by atoms with Crippen LogP contribution in [0.5, 0.6) is 5.75 Å². The van der Waals surface area contributed by atoms with Crippen LogP contribution in [0.3, 0.4) is 0 Å². The van der Waals surface area contributed by atoms with Crippen LogP contribution in [0.25, 0.3) is 0 Å². The van der Waals surface area contributed by atoms with E-state index in [9.17, 15) is 14.4 Å². The van der Waals surface area contributed by atoms with Crippen LogP contribution in [0.2, 0.25) is 0 Å². The van der Waals surface area contributed by atoms with Crippen molar-refractivity contribution >= 4 is 18.2 Å². The van der Waals surface area contributed by atoms with E-state index in [-0.39, 0.29) is 32.0 Å². The summed E-state index contributed by atoms with van der Waals surface area (Å²) in [6, 6.07) is 6.91. The second-order valence-electron chi connectivity index (χ2n) is 10.5. The van der Waals surface area contributed by atoms with Crippen molar-refractivity contribution in [2.45, 2.75) is 25.7 Å². The third-order valence-corrected chi connectivity index (χ3v) is 6.37. The highest BCUT2D eigenvalue weighted by atomic mass is 16.6. The lowest BCUT2D eigenvalue weighted by molar-refractivity contribution is -0.146. The van der Waals surface area contributed by atoms with Gasteiger partial charge in [-0.25, -0.2) is 0 Å². The monoisotopic (exact) mass is 734 g/mol. The summed E-state index contributed by atoms with van der Waals surface area (Å²) in [5.41, 5.74) is 0.611. The number of hydrogen-bond donors (Lipinski definition) is 1. The van der Waals surface area contributed by atoms with Crippen LogP contribution >= 0.6 is 0 Å². The Morgan fingerprint density at radius 3 is 1.10 bits per heavy atom. The highest BCUT2D eigenvalue weighted by molar-refractivity contribution is 5.74. The van der Waals surface area contributed by atoms with Gasteiger partial charge in [0.25, 0.3) is 0 Å². The van der Waals surface area contributed by atoms with Gasteiger partial charge in [0.1, 0.15) is 25.2 Å². The van der Waals surface area contributed by atoms with E-state index in [1.54, 1.807) is 24.3 Å². The largest absolute Gasteiger partial charge is 0.491 e. The van der Waals surface area contributed by atoms with Crippen molar-refractivity contribution in [1.29, 1.82) is 0 Å². The quantitative estimate of drug-likeness (QED) is 0.0588. The fraction of sp³-hybridized carbons (Fsp3) is 0.743. The Balaban J connectivity index is 1.65. The number of carboxylic acids is 1. The molecule has 1 rings (SSSR count). The normalized spacial score (nSPS) is 11.1. The van der Waals surface area contributed by atoms with Crippen LogP contribution in [-0.2, 0) is 61.7 Å². The van der Waals surface area contributed by atoms with Crippen molar-refractivity contribution in [1.82, 2.24) is 0 Å². The lowest BCUT2D eigenvalue weighted by atomic mass is 10.2. The van der Waals surface area contributed by atoms with Crippen molar-refractivity contribution in [3.8, 4) is 5.75 Å². The molecule has 0 fully saturated rings. The highest BCUT2D eigenvalue weighted by Gasteiger charge is 2.04. The van der Waals surface area contributed by atoms with Gasteiger partial charge in [-0.3, -0.25) is 14.4 Å². The number of carbonyl (C=O) groups excluding carboxylic acids is 2.